The van der Waals surface area contributed by atoms with Crippen molar-refractivity contribution >= 4 is 5.91 Å². The predicted molar refractivity (Wildman–Crippen MR) is 56.1 cm³/mol. The Kier molecular flexibility index (Phi) is 3.20. The lowest BCUT2D eigenvalue weighted by molar-refractivity contribution is -0.129. The van der Waals surface area contributed by atoms with Crippen LogP contribution in [0.5, 0.6) is 0 Å². The van der Waals surface area contributed by atoms with Crippen molar-refractivity contribution in [3.63, 3.8) is 0 Å². The molecular formula is C11H21NO2. The van der Waals surface area contributed by atoms with Gasteiger partial charge < -0.3 is 10.1 Å². The molecule has 14 heavy (non-hydrogen) atoms. The molecule has 1 rings (SSSR count). The van der Waals surface area contributed by atoms with Gasteiger partial charge in [0.2, 0.25) is 5.91 Å². The molecule has 0 bridgehead atoms. The fraction of sp³-hybridized carbons (Fsp3) is 0.909. The first-order valence-corrected chi connectivity index (χ1v) is 5.26. The van der Waals surface area contributed by atoms with Gasteiger partial charge in [-0.3, -0.25) is 4.79 Å². The minimum absolute atomic E-state index is 0.0919. The van der Waals surface area contributed by atoms with Crippen molar-refractivity contribution in [1.29, 1.82) is 0 Å². The summed E-state index contributed by atoms with van der Waals surface area (Å²) in [5, 5.41) is 2.94. The second-order valence-corrected chi connectivity index (χ2v) is 5.33. The van der Waals surface area contributed by atoms with Crippen LogP contribution in [0.15, 0.2) is 0 Å². The quantitative estimate of drug-likeness (QED) is 0.735. The normalized spacial score (nSPS) is 27.7. The minimum atomic E-state index is -0.311. The minimum Gasteiger partial charge on any atom is -0.373 e. The summed E-state index contributed by atoms with van der Waals surface area (Å²) >= 11 is 0. The maximum absolute atomic E-state index is 11.6. The molecule has 3 heteroatoms. The molecule has 0 spiro atoms. The van der Waals surface area contributed by atoms with Gasteiger partial charge in [-0.15, -0.1) is 0 Å². The number of carbonyl (C=O) groups excluding carboxylic acids is 1. The molecule has 82 valence electrons. The lowest BCUT2D eigenvalue weighted by atomic mass is 9.95. The number of hydrogen-bond donors (Lipinski definition) is 1. The molecule has 1 atom stereocenters. The summed E-state index contributed by atoms with van der Waals surface area (Å²) in [7, 11) is 0. The molecule has 1 aliphatic heterocycles. The third kappa shape index (κ3) is 2.98. The van der Waals surface area contributed by atoms with Crippen LogP contribution in [0.3, 0.4) is 0 Å². The Morgan fingerprint density at radius 1 is 1.50 bits per heavy atom. The number of amides is 1. The molecule has 1 N–H and O–H groups in total. The first kappa shape index (κ1) is 11.5. The van der Waals surface area contributed by atoms with Crippen LogP contribution in [0.25, 0.3) is 0 Å². The molecule has 0 aromatic carbocycles. The van der Waals surface area contributed by atoms with Crippen LogP contribution in [-0.4, -0.2) is 24.7 Å². The number of hydrogen-bond acceptors (Lipinski definition) is 2. The number of nitrogens with one attached hydrogen (secondary N) is 1. The molecule has 0 aromatic rings. The fourth-order valence-corrected chi connectivity index (χ4v) is 1.51. The largest absolute Gasteiger partial charge is 0.373 e. The lowest BCUT2D eigenvalue weighted by Gasteiger charge is -2.26. The van der Waals surface area contributed by atoms with Gasteiger partial charge in [0, 0.05) is 18.6 Å². The predicted octanol–water partition coefficient (Wildman–Crippen LogP) is 1.72. The van der Waals surface area contributed by atoms with Crippen LogP contribution in [0.4, 0.5) is 0 Å². The van der Waals surface area contributed by atoms with Crippen molar-refractivity contribution in [3.8, 4) is 0 Å². The van der Waals surface area contributed by atoms with Gasteiger partial charge in [0.05, 0.1) is 5.60 Å². The highest BCUT2D eigenvalue weighted by Gasteiger charge is 2.31. The van der Waals surface area contributed by atoms with Gasteiger partial charge in [-0.25, -0.2) is 0 Å². The first-order chi connectivity index (χ1) is 6.33. The van der Waals surface area contributed by atoms with E-state index in [4.69, 9.17) is 4.74 Å². The Hall–Kier alpha value is -0.570. The van der Waals surface area contributed by atoms with Crippen LogP contribution in [0.2, 0.25) is 0 Å². The van der Waals surface area contributed by atoms with E-state index in [-0.39, 0.29) is 16.9 Å². The second-order valence-electron chi connectivity index (χ2n) is 5.33. The highest BCUT2D eigenvalue weighted by Crippen LogP contribution is 2.24. The molecule has 1 fully saturated rings. The molecule has 1 heterocycles. The molecule has 0 aromatic heterocycles. The van der Waals surface area contributed by atoms with Crippen molar-refractivity contribution < 1.29 is 9.53 Å². The van der Waals surface area contributed by atoms with Crippen LogP contribution in [-0.2, 0) is 9.53 Å². The summed E-state index contributed by atoms with van der Waals surface area (Å²) in [5.41, 5.74) is -0.449. The maximum atomic E-state index is 11.6. The zero-order valence-corrected chi connectivity index (χ0v) is 9.64. The van der Waals surface area contributed by atoms with Crippen LogP contribution in [0.1, 0.15) is 40.5 Å². The van der Waals surface area contributed by atoms with Gasteiger partial charge in [-0.05, 0) is 19.8 Å². The smallest absolute Gasteiger partial charge is 0.225 e. The fourth-order valence-electron chi connectivity index (χ4n) is 1.51. The number of carbonyl (C=O) groups is 1. The lowest BCUT2D eigenvalue weighted by Crippen LogP contribution is -2.44. The molecule has 1 saturated heterocycles. The average Bonchev–Trinajstić information content (AvgIpc) is 2.47. The Bertz CT molecular complexity index is 212. The van der Waals surface area contributed by atoms with Gasteiger partial charge in [0.1, 0.15) is 0 Å². The number of rotatable bonds is 2. The van der Waals surface area contributed by atoms with Crippen molar-refractivity contribution in [1.82, 2.24) is 5.32 Å². The first-order valence-electron chi connectivity index (χ1n) is 5.26. The zero-order valence-electron chi connectivity index (χ0n) is 9.64. The van der Waals surface area contributed by atoms with E-state index in [1.807, 2.05) is 20.8 Å². The van der Waals surface area contributed by atoms with E-state index in [1.54, 1.807) is 0 Å². The van der Waals surface area contributed by atoms with E-state index in [9.17, 15) is 4.79 Å². The Labute approximate surface area is 86.2 Å². The summed E-state index contributed by atoms with van der Waals surface area (Å²) in [6.07, 6.45) is 2.14. The van der Waals surface area contributed by atoms with E-state index in [0.29, 0.717) is 6.54 Å². The topological polar surface area (TPSA) is 38.3 Å². The van der Waals surface area contributed by atoms with Gasteiger partial charge >= 0.3 is 0 Å². The Morgan fingerprint density at radius 3 is 2.57 bits per heavy atom. The molecule has 0 saturated carbocycles. The van der Waals surface area contributed by atoms with Crippen LogP contribution in [0, 0.1) is 5.41 Å². The van der Waals surface area contributed by atoms with E-state index in [1.165, 1.54) is 0 Å². The standard InChI is InChI=1S/C11H21NO2/c1-10(2,3)9(13)12-8-11(4)6-5-7-14-11/h5-8H2,1-4H3,(H,12,13). The van der Waals surface area contributed by atoms with Crippen LogP contribution < -0.4 is 5.32 Å². The molecule has 1 unspecified atom stereocenters. The van der Waals surface area contributed by atoms with Gasteiger partial charge in [-0.1, -0.05) is 20.8 Å². The van der Waals surface area contributed by atoms with Crippen molar-refractivity contribution in [2.75, 3.05) is 13.2 Å². The van der Waals surface area contributed by atoms with Crippen molar-refractivity contribution in [2.24, 2.45) is 5.41 Å². The van der Waals surface area contributed by atoms with Gasteiger partial charge in [0.15, 0.2) is 0 Å². The Balaban J connectivity index is 2.37. The van der Waals surface area contributed by atoms with E-state index < -0.39 is 0 Å². The second kappa shape index (κ2) is 3.89. The Morgan fingerprint density at radius 2 is 2.14 bits per heavy atom. The summed E-state index contributed by atoms with van der Waals surface area (Å²) in [4.78, 5) is 11.6. The summed E-state index contributed by atoms with van der Waals surface area (Å²) in [5.74, 6) is 0.0919. The third-order valence-electron chi connectivity index (χ3n) is 2.60. The molecule has 0 radical (unpaired) electrons. The molecule has 3 nitrogen and oxygen atoms in total. The maximum Gasteiger partial charge on any atom is 0.225 e. The van der Waals surface area contributed by atoms with Crippen molar-refractivity contribution in [2.45, 2.75) is 46.1 Å². The average molecular weight is 199 g/mol. The molecule has 0 aliphatic carbocycles. The third-order valence-corrected chi connectivity index (χ3v) is 2.60. The monoisotopic (exact) mass is 199 g/mol. The zero-order chi connectivity index (χ0) is 10.8. The SMILES string of the molecule is CC1(CNC(=O)C(C)(C)C)CCCO1. The highest BCUT2D eigenvalue weighted by atomic mass is 16.5. The van der Waals surface area contributed by atoms with Gasteiger partial charge in [0.25, 0.3) is 0 Å². The van der Waals surface area contributed by atoms with Gasteiger partial charge in [-0.2, -0.15) is 0 Å². The molecule has 1 amide bonds. The molecular weight excluding hydrogens is 178 g/mol. The molecule has 1 aliphatic rings. The van der Waals surface area contributed by atoms with E-state index in [2.05, 4.69) is 12.2 Å². The summed E-state index contributed by atoms with van der Waals surface area (Å²) in [6, 6.07) is 0. The summed E-state index contributed by atoms with van der Waals surface area (Å²) < 4.78 is 5.59. The highest BCUT2D eigenvalue weighted by molar-refractivity contribution is 5.81. The van der Waals surface area contributed by atoms with Crippen LogP contribution >= 0.6 is 0 Å². The number of ether oxygens (including phenoxy) is 1. The van der Waals surface area contributed by atoms with E-state index >= 15 is 0 Å². The summed E-state index contributed by atoms with van der Waals surface area (Å²) in [6.45, 7) is 9.26. The van der Waals surface area contributed by atoms with Crippen molar-refractivity contribution in [3.05, 3.63) is 0 Å². The van der Waals surface area contributed by atoms with E-state index in [0.717, 1.165) is 19.4 Å².